The van der Waals surface area contributed by atoms with E-state index in [0.29, 0.717) is 19.3 Å². The van der Waals surface area contributed by atoms with Crippen molar-refractivity contribution in [2.24, 2.45) is 0 Å². The molecular formula is C55H103NO5. The number of esters is 1. The van der Waals surface area contributed by atoms with Crippen LogP contribution in [0, 0.1) is 0 Å². The molecule has 0 aromatic heterocycles. The zero-order valence-corrected chi connectivity index (χ0v) is 40.8. The van der Waals surface area contributed by atoms with Gasteiger partial charge in [-0.15, -0.1) is 0 Å². The Balaban J connectivity index is 4.53. The van der Waals surface area contributed by atoms with Crippen molar-refractivity contribution >= 4 is 11.9 Å². The first-order valence-electron chi connectivity index (χ1n) is 26.7. The normalized spacial score (nSPS) is 13.5. The maximum atomic E-state index is 13.2. The van der Waals surface area contributed by atoms with Crippen LogP contribution in [0.1, 0.15) is 278 Å². The average Bonchev–Trinajstić information content (AvgIpc) is 3.25. The van der Waals surface area contributed by atoms with Crippen LogP contribution in [0.2, 0.25) is 0 Å². The number of ether oxygens (including phenoxy) is 1. The molecule has 3 unspecified atom stereocenters. The van der Waals surface area contributed by atoms with Crippen molar-refractivity contribution in [1.82, 2.24) is 5.32 Å². The number of allylic oxidation sites excluding steroid dienone is 6. The van der Waals surface area contributed by atoms with Gasteiger partial charge < -0.3 is 20.3 Å². The fraction of sp³-hybridized carbons (Fsp3) is 0.855. The molecule has 1 amide bonds. The van der Waals surface area contributed by atoms with Crippen molar-refractivity contribution in [1.29, 1.82) is 0 Å². The number of rotatable bonds is 48. The summed E-state index contributed by atoms with van der Waals surface area (Å²) in [7, 11) is 0. The van der Waals surface area contributed by atoms with E-state index < -0.39 is 18.2 Å². The first kappa shape index (κ1) is 59.1. The molecule has 0 radical (unpaired) electrons. The van der Waals surface area contributed by atoms with Gasteiger partial charge in [0.2, 0.25) is 5.91 Å². The predicted molar refractivity (Wildman–Crippen MR) is 264 cm³/mol. The Morgan fingerprint density at radius 2 is 0.885 bits per heavy atom. The third-order valence-electron chi connectivity index (χ3n) is 12.2. The van der Waals surface area contributed by atoms with Crippen molar-refractivity contribution in [2.45, 2.75) is 296 Å². The minimum atomic E-state index is -0.790. The van der Waals surface area contributed by atoms with Gasteiger partial charge in [-0.2, -0.15) is 0 Å². The predicted octanol–water partition coefficient (Wildman–Crippen LogP) is 16.1. The van der Waals surface area contributed by atoms with E-state index in [2.05, 4.69) is 62.5 Å². The lowest BCUT2D eigenvalue weighted by molar-refractivity contribution is -0.151. The van der Waals surface area contributed by atoms with Crippen molar-refractivity contribution in [3.05, 3.63) is 36.5 Å². The van der Waals surface area contributed by atoms with Gasteiger partial charge in [-0.25, -0.2) is 0 Å². The summed E-state index contributed by atoms with van der Waals surface area (Å²) in [6, 6.07) is -0.705. The topological polar surface area (TPSA) is 95.9 Å². The van der Waals surface area contributed by atoms with Crippen molar-refractivity contribution in [3.63, 3.8) is 0 Å². The van der Waals surface area contributed by atoms with Crippen LogP contribution in [0.25, 0.3) is 0 Å². The summed E-state index contributed by atoms with van der Waals surface area (Å²) in [5, 5.41) is 23.7. The molecule has 0 aromatic rings. The summed E-state index contributed by atoms with van der Waals surface area (Å²) in [6.45, 7) is 6.37. The summed E-state index contributed by atoms with van der Waals surface area (Å²) in [5.41, 5.74) is 0. The second kappa shape index (κ2) is 49.1. The van der Waals surface area contributed by atoms with E-state index in [1.807, 2.05) is 0 Å². The van der Waals surface area contributed by atoms with E-state index in [4.69, 9.17) is 4.74 Å². The van der Waals surface area contributed by atoms with E-state index >= 15 is 0 Å². The van der Waals surface area contributed by atoms with Crippen LogP contribution >= 0.6 is 0 Å². The van der Waals surface area contributed by atoms with Crippen LogP contribution in [0.3, 0.4) is 0 Å². The molecule has 0 aliphatic carbocycles. The van der Waals surface area contributed by atoms with Gasteiger partial charge in [0, 0.05) is 6.42 Å². The molecule has 61 heavy (non-hydrogen) atoms. The number of carbonyl (C=O) groups excluding carboxylic acids is 2. The summed E-state index contributed by atoms with van der Waals surface area (Å²) >= 11 is 0. The molecule has 3 N–H and O–H groups in total. The molecule has 0 saturated heterocycles. The molecule has 358 valence electrons. The van der Waals surface area contributed by atoms with E-state index in [1.54, 1.807) is 0 Å². The lowest BCUT2D eigenvalue weighted by Crippen LogP contribution is -2.46. The number of hydrogen-bond donors (Lipinski definition) is 3. The highest BCUT2D eigenvalue weighted by Gasteiger charge is 2.24. The summed E-state index contributed by atoms with van der Waals surface area (Å²) in [4.78, 5) is 26.2. The Morgan fingerprint density at radius 1 is 0.492 bits per heavy atom. The standard InChI is InChI=1S/C55H103NO5/c1-4-7-10-13-16-19-22-24-26-27-28-29-31-33-36-39-42-45-48-55(60)61-51(46-43-40-37-34-32-30-25-23-20-17-14-11-8-5-2)49-54(59)56-52(50-57)53(58)47-44-41-38-35-21-18-15-12-9-6-3/h8,11,17,20,25,30,51-53,57-58H,4-7,9-10,12-16,18-19,21-24,26-29,31-50H2,1-3H3,(H,56,59)/b11-8+,20-17+,30-25+. The number of hydrogen-bond acceptors (Lipinski definition) is 5. The Bertz CT molecular complexity index is 1010. The molecule has 0 aromatic carbocycles. The van der Waals surface area contributed by atoms with Crippen LogP contribution in [-0.4, -0.2) is 46.9 Å². The summed E-state index contributed by atoms with van der Waals surface area (Å²) < 4.78 is 5.94. The van der Waals surface area contributed by atoms with Gasteiger partial charge in [0.1, 0.15) is 6.10 Å². The SMILES string of the molecule is CC/C=C/C/C=C/C/C=C/CCCCCCC(CC(=O)NC(CO)C(O)CCCCCCCCCCCC)OC(=O)CCCCCCCCCCCCCCCCCCCC. The zero-order valence-electron chi connectivity index (χ0n) is 40.8. The number of unbranched alkanes of at least 4 members (excludes halogenated alkanes) is 30. The Kier molecular flexibility index (Phi) is 47.6. The average molecular weight is 858 g/mol. The van der Waals surface area contributed by atoms with Gasteiger partial charge >= 0.3 is 5.97 Å². The highest BCUT2D eigenvalue weighted by atomic mass is 16.5. The quantitative estimate of drug-likeness (QED) is 0.0322. The monoisotopic (exact) mass is 858 g/mol. The second-order valence-corrected chi connectivity index (χ2v) is 18.3. The van der Waals surface area contributed by atoms with Crippen molar-refractivity contribution in [2.75, 3.05) is 6.61 Å². The minimum Gasteiger partial charge on any atom is -0.462 e. The molecular weight excluding hydrogens is 755 g/mol. The van der Waals surface area contributed by atoms with Crippen molar-refractivity contribution in [3.8, 4) is 0 Å². The second-order valence-electron chi connectivity index (χ2n) is 18.3. The maximum absolute atomic E-state index is 13.2. The Labute approximate surface area is 379 Å². The number of carbonyl (C=O) groups is 2. The van der Waals surface area contributed by atoms with Crippen LogP contribution in [0.4, 0.5) is 0 Å². The Morgan fingerprint density at radius 3 is 1.34 bits per heavy atom. The van der Waals surface area contributed by atoms with Gasteiger partial charge in [0.25, 0.3) is 0 Å². The van der Waals surface area contributed by atoms with Gasteiger partial charge in [0.05, 0.1) is 25.2 Å². The molecule has 6 heteroatoms. The first-order valence-corrected chi connectivity index (χ1v) is 26.7. The number of aliphatic hydroxyl groups is 2. The van der Waals surface area contributed by atoms with E-state index in [-0.39, 0.29) is 24.9 Å². The molecule has 0 aliphatic rings. The fourth-order valence-electron chi connectivity index (χ4n) is 8.21. The number of amides is 1. The van der Waals surface area contributed by atoms with E-state index in [0.717, 1.165) is 89.9 Å². The number of aliphatic hydroxyl groups excluding tert-OH is 2. The molecule has 6 nitrogen and oxygen atoms in total. The zero-order chi connectivity index (χ0) is 44.5. The largest absolute Gasteiger partial charge is 0.462 e. The number of nitrogens with one attached hydrogen (secondary N) is 1. The lowest BCUT2D eigenvalue weighted by Gasteiger charge is -2.24. The molecule has 3 atom stereocenters. The molecule has 0 fully saturated rings. The minimum absolute atomic E-state index is 0.0663. The third-order valence-corrected chi connectivity index (χ3v) is 12.2. The van der Waals surface area contributed by atoms with Gasteiger partial charge in [-0.3, -0.25) is 9.59 Å². The molecule has 0 rings (SSSR count). The van der Waals surface area contributed by atoms with Crippen molar-refractivity contribution < 1.29 is 24.5 Å². The fourth-order valence-corrected chi connectivity index (χ4v) is 8.21. The first-order chi connectivity index (χ1) is 30.0. The molecule has 0 heterocycles. The maximum Gasteiger partial charge on any atom is 0.306 e. The highest BCUT2D eigenvalue weighted by Crippen LogP contribution is 2.18. The highest BCUT2D eigenvalue weighted by molar-refractivity contribution is 5.77. The Hall–Kier alpha value is -1.92. The van der Waals surface area contributed by atoms with Gasteiger partial charge in [-0.05, 0) is 57.8 Å². The van der Waals surface area contributed by atoms with Crippen LogP contribution in [-0.2, 0) is 14.3 Å². The molecule has 0 saturated carbocycles. The molecule has 0 spiro atoms. The molecule has 0 aliphatic heterocycles. The lowest BCUT2D eigenvalue weighted by atomic mass is 10.0. The summed E-state index contributed by atoms with van der Waals surface area (Å²) in [5.74, 6) is -0.484. The molecule has 0 bridgehead atoms. The van der Waals surface area contributed by atoms with Crippen LogP contribution in [0.15, 0.2) is 36.5 Å². The van der Waals surface area contributed by atoms with Crippen LogP contribution in [0.5, 0.6) is 0 Å². The van der Waals surface area contributed by atoms with Crippen LogP contribution < -0.4 is 5.32 Å². The van der Waals surface area contributed by atoms with E-state index in [1.165, 1.54) is 141 Å². The third kappa shape index (κ3) is 44.5. The summed E-state index contributed by atoms with van der Waals surface area (Å²) in [6.07, 6.45) is 57.8. The van der Waals surface area contributed by atoms with Gasteiger partial charge in [-0.1, -0.05) is 243 Å². The smallest absolute Gasteiger partial charge is 0.306 e. The van der Waals surface area contributed by atoms with E-state index in [9.17, 15) is 19.8 Å². The van der Waals surface area contributed by atoms with Gasteiger partial charge in [0.15, 0.2) is 0 Å².